The molecule has 2 fully saturated rings. The van der Waals surface area contributed by atoms with E-state index in [0.29, 0.717) is 26.2 Å². The van der Waals surface area contributed by atoms with Crippen LogP contribution in [0.25, 0.3) is 11.8 Å². The van der Waals surface area contributed by atoms with E-state index in [9.17, 15) is 9.59 Å². The Morgan fingerprint density at radius 2 is 1.69 bits per heavy atom. The number of aromatic nitrogens is 2. The van der Waals surface area contributed by atoms with Crippen LogP contribution in [0.4, 0.5) is 0 Å². The number of hydrogen-bond donors (Lipinski definition) is 0. The Balaban J connectivity index is 1.32. The number of amides is 2. The predicted molar refractivity (Wildman–Crippen MR) is 98.5 cm³/mol. The van der Waals surface area contributed by atoms with Crippen LogP contribution < -0.4 is 0 Å². The van der Waals surface area contributed by atoms with Crippen molar-refractivity contribution in [1.29, 1.82) is 0 Å². The maximum atomic E-state index is 12.4. The van der Waals surface area contributed by atoms with Crippen molar-refractivity contribution in [2.45, 2.75) is 12.8 Å². The molecule has 26 heavy (non-hydrogen) atoms. The Morgan fingerprint density at radius 3 is 2.38 bits per heavy atom. The molecule has 6 heteroatoms. The lowest BCUT2D eigenvalue weighted by atomic mass is 10.2. The summed E-state index contributed by atoms with van der Waals surface area (Å²) in [5, 5.41) is 4.32. The fourth-order valence-electron chi connectivity index (χ4n) is 3.15. The van der Waals surface area contributed by atoms with Crippen LogP contribution in [0.15, 0.2) is 48.8 Å². The molecule has 0 bridgehead atoms. The van der Waals surface area contributed by atoms with Gasteiger partial charge in [0.2, 0.25) is 11.8 Å². The minimum Gasteiger partial charge on any atom is -0.339 e. The van der Waals surface area contributed by atoms with Gasteiger partial charge in [0.05, 0.1) is 11.9 Å². The van der Waals surface area contributed by atoms with Crippen LogP contribution in [0.2, 0.25) is 0 Å². The van der Waals surface area contributed by atoms with E-state index in [1.807, 2.05) is 41.4 Å². The molecule has 2 heterocycles. The molecule has 0 atom stereocenters. The van der Waals surface area contributed by atoms with Crippen molar-refractivity contribution in [3.05, 3.63) is 54.4 Å². The van der Waals surface area contributed by atoms with Crippen LogP contribution in [0, 0.1) is 5.92 Å². The summed E-state index contributed by atoms with van der Waals surface area (Å²) in [6, 6.07) is 9.85. The standard InChI is InChI=1S/C20H22N4O2/c25-19(22-10-12-23(13-11-22)20(26)17-7-8-17)9-6-16-14-21-24(15-16)18-4-2-1-3-5-18/h1-6,9,14-15,17H,7-8,10-13H2/b9-6+. The molecular weight excluding hydrogens is 328 g/mol. The van der Waals surface area contributed by atoms with Crippen molar-refractivity contribution in [3.63, 3.8) is 0 Å². The monoisotopic (exact) mass is 350 g/mol. The maximum absolute atomic E-state index is 12.4. The molecule has 134 valence electrons. The molecule has 1 aliphatic heterocycles. The maximum Gasteiger partial charge on any atom is 0.246 e. The Kier molecular flexibility index (Phi) is 4.56. The first-order valence-corrected chi connectivity index (χ1v) is 9.06. The first kappa shape index (κ1) is 16.6. The third kappa shape index (κ3) is 3.69. The zero-order valence-corrected chi connectivity index (χ0v) is 14.6. The summed E-state index contributed by atoms with van der Waals surface area (Å²) >= 11 is 0. The lowest BCUT2D eigenvalue weighted by molar-refractivity contribution is -0.138. The van der Waals surface area contributed by atoms with E-state index in [1.54, 1.807) is 27.9 Å². The highest BCUT2D eigenvalue weighted by Gasteiger charge is 2.34. The van der Waals surface area contributed by atoms with Gasteiger partial charge in [0.1, 0.15) is 0 Å². The number of carbonyl (C=O) groups excluding carboxylic acids is 2. The summed E-state index contributed by atoms with van der Waals surface area (Å²) in [4.78, 5) is 28.1. The number of rotatable bonds is 4. The van der Waals surface area contributed by atoms with E-state index < -0.39 is 0 Å². The summed E-state index contributed by atoms with van der Waals surface area (Å²) in [5.74, 6) is 0.496. The fraction of sp³-hybridized carbons (Fsp3) is 0.350. The van der Waals surface area contributed by atoms with Gasteiger partial charge in [0.25, 0.3) is 0 Å². The van der Waals surface area contributed by atoms with Crippen LogP contribution in [0.3, 0.4) is 0 Å². The lowest BCUT2D eigenvalue weighted by Crippen LogP contribution is -2.50. The van der Waals surface area contributed by atoms with Gasteiger partial charge in [-0.05, 0) is 31.1 Å². The molecule has 1 saturated heterocycles. The summed E-state index contributed by atoms with van der Waals surface area (Å²) in [6.45, 7) is 2.48. The largest absolute Gasteiger partial charge is 0.339 e. The van der Waals surface area contributed by atoms with Crippen molar-refractivity contribution < 1.29 is 9.59 Å². The van der Waals surface area contributed by atoms with Gasteiger partial charge in [0, 0.05) is 49.9 Å². The normalized spacial score (nSPS) is 17.7. The van der Waals surface area contributed by atoms with Crippen molar-refractivity contribution in [2.24, 2.45) is 5.92 Å². The van der Waals surface area contributed by atoms with Gasteiger partial charge in [-0.3, -0.25) is 9.59 Å². The van der Waals surface area contributed by atoms with Gasteiger partial charge in [-0.2, -0.15) is 5.10 Å². The van der Waals surface area contributed by atoms with Crippen LogP contribution in [-0.2, 0) is 9.59 Å². The number of carbonyl (C=O) groups is 2. The highest BCUT2D eigenvalue weighted by Crippen LogP contribution is 2.31. The van der Waals surface area contributed by atoms with Crippen LogP contribution >= 0.6 is 0 Å². The van der Waals surface area contributed by atoms with Crippen molar-refractivity contribution >= 4 is 17.9 Å². The first-order chi connectivity index (χ1) is 12.7. The highest BCUT2D eigenvalue weighted by molar-refractivity contribution is 5.92. The molecule has 1 aromatic heterocycles. The minimum atomic E-state index is -0.0176. The average Bonchev–Trinajstić information content (AvgIpc) is 3.44. The summed E-state index contributed by atoms with van der Waals surface area (Å²) < 4.78 is 1.78. The van der Waals surface area contributed by atoms with Gasteiger partial charge < -0.3 is 9.80 Å². The number of hydrogen-bond acceptors (Lipinski definition) is 3. The summed E-state index contributed by atoms with van der Waals surface area (Å²) in [7, 11) is 0. The Labute approximate surface area is 152 Å². The van der Waals surface area contributed by atoms with Crippen molar-refractivity contribution in [1.82, 2.24) is 19.6 Å². The topological polar surface area (TPSA) is 58.4 Å². The fourth-order valence-corrected chi connectivity index (χ4v) is 3.15. The van der Waals surface area contributed by atoms with Crippen LogP contribution in [0.5, 0.6) is 0 Å². The average molecular weight is 350 g/mol. The molecule has 4 rings (SSSR count). The molecular formula is C20H22N4O2. The van der Waals surface area contributed by atoms with Crippen LogP contribution in [-0.4, -0.2) is 57.6 Å². The molecule has 2 aliphatic rings. The smallest absolute Gasteiger partial charge is 0.246 e. The Morgan fingerprint density at radius 1 is 1.00 bits per heavy atom. The molecule has 2 amide bonds. The first-order valence-electron chi connectivity index (χ1n) is 9.06. The van der Waals surface area contributed by atoms with Crippen LogP contribution in [0.1, 0.15) is 18.4 Å². The lowest BCUT2D eigenvalue weighted by Gasteiger charge is -2.34. The third-order valence-electron chi connectivity index (χ3n) is 4.87. The van der Waals surface area contributed by atoms with E-state index in [1.165, 1.54) is 0 Å². The van der Waals surface area contributed by atoms with Gasteiger partial charge in [-0.1, -0.05) is 18.2 Å². The SMILES string of the molecule is O=C(/C=C/c1cnn(-c2ccccc2)c1)N1CCN(C(=O)C2CC2)CC1. The van der Waals surface area contributed by atoms with E-state index >= 15 is 0 Å². The zero-order valence-electron chi connectivity index (χ0n) is 14.6. The van der Waals surface area contributed by atoms with E-state index in [0.717, 1.165) is 24.1 Å². The molecule has 0 radical (unpaired) electrons. The van der Waals surface area contributed by atoms with Gasteiger partial charge in [0.15, 0.2) is 0 Å². The second kappa shape index (κ2) is 7.15. The quantitative estimate of drug-likeness (QED) is 0.792. The van der Waals surface area contributed by atoms with Crippen molar-refractivity contribution in [3.8, 4) is 5.69 Å². The zero-order chi connectivity index (χ0) is 17.9. The molecule has 1 saturated carbocycles. The Hall–Kier alpha value is -2.89. The summed E-state index contributed by atoms with van der Waals surface area (Å²) in [6.07, 6.45) is 9.06. The summed E-state index contributed by atoms with van der Waals surface area (Å²) in [5.41, 5.74) is 1.86. The molecule has 2 aromatic rings. The van der Waals surface area contributed by atoms with Gasteiger partial charge >= 0.3 is 0 Å². The molecule has 0 spiro atoms. The number of nitrogens with zero attached hydrogens (tertiary/aromatic N) is 4. The number of para-hydroxylation sites is 1. The highest BCUT2D eigenvalue weighted by atomic mass is 16.2. The Bertz CT molecular complexity index is 815. The van der Waals surface area contributed by atoms with Crippen molar-refractivity contribution in [2.75, 3.05) is 26.2 Å². The van der Waals surface area contributed by atoms with E-state index in [2.05, 4.69) is 5.10 Å². The van der Waals surface area contributed by atoms with E-state index in [-0.39, 0.29) is 17.7 Å². The minimum absolute atomic E-state index is 0.0176. The molecule has 1 aliphatic carbocycles. The molecule has 1 aromatic carbocycles. The van der Waals surface area contributed by atoms with Gasteiger partial charge in [-0.15, -0.1) is 0 Å². The molecule has 0 unspecified atom stereocenters. The second-order valence-corrected chi connectivity index (χ2v) is 6.81. The molecule has 0 N–H and O–H groups in total. The predicted octanol–water partition coefficient (Wildman–Crippen LogP) is 1.97. The second-order valence-electron chi connectivity index (χ2n) is 6.81. The third-order valence-corrected chi connectivity index (χ3v) is 4.87. The van der Waals surface area contributed by atoms with Gasteiger partial charge in [-0.25, -0.2) is 4.68 Å². The number of benzene rings is 1. The van der Waals surface area contributed by atoms with E-state index in [4.69, 9.17) is 0 Å². The molecule has 6 nitrogen and oxygen atoms in total. The number of piperazine rings is 1.